The molecule has 0 aliphatic carbocycles. The highest BCUT2D eigenvalue weighted by Crippen LogP contribution is 2.38. The third kappa shape index (κ3) is 0.967. The number of hydrogen-bond acceptors (Lipinski definition) is 4. The number of aromatic hydroxyl groups is 1. The van der Waals surface area contributed by atoms with Crippen molar-refractivity contribution in [3.63, 3.8) is 0 Å². The van der Waals surface area contributed by atoms with Gasteiger partial charge in [-0.15, -0.1) is 0 Å². The van der Waals surface area contributed by atoms with Gasteiger partial charge in [0.2, 0.25) is 6.79 Å². The first-order valence-corrected chi connectivity index (χ1v) is 3.63. The number of phenols is 1. The van der Waals surface area contributed by atoms with E-state index in [1.807, 2.05) is 0 Å². The molecule has 1 aromatic rings. The number of hydrogen-bond donors (Lipinski definition) is 2. The van der Waals surface area contributed by atoms with Crippen LogP contribution in [0.1, 0.15) is 5.56 Å². The van der Waals surface area contributed by atoms with Gasteiger partial charge in [-0.2, -0.15) is 0 Å². The third-order valence-corrected chi connectivity index (χ3v) is 1.75. The molecule has 12 heavy (non-hydrogen) atoms. The fourth-order valence-corrected chi connectivity index (χ4v) is 1.22. The maximum atomic E-state index is 9.22. The Hall–Kier alpha value is -1.42. The van der Waals surface area contributed by atoms with E-state index in [4.69, 9.17) is 15.2 Å². The van der Waals surface area contributed by atoms with E-state index in [0.717, 1.165) is 5.56 Å². The number of nitrogens with two attached hydrogens (primary N) is 1. The van der Waals surface area contributed by atoms with Gasteiger partial charge in [0.05, 0.1) is 0 Å². The van der Waals surface area contributed by atoms with E-state index in [0.29, 0.717) is 18.0 Å². The van der Waals surface area contributed by atoms with E-state index < -0.39 is 0 Å². The van der Waals surface area contributed by atoms with Crippen LogP contribution >= 0.6 is 0 Å². The van der Waals surface area contributed by atoms with Crippen molar-refractivity contribution < 1.29 is 14.6 Å². The van der Waals surface area contributed by atoms with E-state index in [1.165, 1.54) is 6.07 Å². The van der Waals surface area contributed by atoms with Gasteiger partial charge < -0.3 is 20.3 Å². The molecule has 0 amide bonds. The summed E-state index contributed by atoms with van der Waals surface area (Å²) in [5.41, 5.74) is 6.21. The molecular formula is C8H9NO3. The normalized spacial score (nSPS) is 13.4. The van der Waals surface area contributed by atoms with Gasteiger partial charge in [0.15, 0.2) is 11.5 Å². The predicted molar refractivity (Wildman–Crippen MR) is 42.1 cm³/mol. The van der Waals surface area contributed by atoms with Crippen molar-refractivity contribution in [2.75, 3.05) is 6.79 Å². The lowest BCUT2D eigenvalue weighted by molar-refractivity contribution is 0.173. The molecule has 1 aromatic carbocycles. The van der Waals surface area contributed by atoms with E-state index >= 15 is 0 Å². The van der Waals surface area contributed by atoms with Crippen molar-refractivity contribution in [2.45, 2.75) is 6.54 Å². The smallest absolute Gasteiger partial charge is 0.231 e. The quantitative estimate of drug-likeness (QED) is 0.642. The fourth-order valence-electron chi connectivity index (χ4n) is 1.22. The van der Waals surface area contributed by atoms with Crippen LogP contribution < -0.4 is 15.2 Å². The van der Waals surface area contributed by atoms with Crippen molar-refractivity contribution in [2.24, 2.45) is 5.73 Å². The van der Waals surface area contributed by atoms with Crippen LogP contribution in [0.15, 0.2) is 12.1 Å². The van der Waals surface area contributed by atoms with Crippen molar-refractivity contribution >= 4 is 0 Å². The van der Waals surface area contributed by atoms with Crippen molar-refractivity contribution in [1.82, 2.24) is 0 Å². The SMILES string of the molecule is NCc1cc(O)cc2c1OCO2. The fraction of sp³-hybridized carbons (Fsp3) is 0.250. The summed E-state index contributed by atoms with van der Waals surface area (Å²) in [5, 5.41) is 9.22. The van der Waals surface area contributed by atoms with Crippen LogP contribution in [0, 0.1) is 0 Å². The summed E-state index contributed by atoms with van der Waals surface area (Å²) in [7, 11) is 0. The van der Waals surface area contributed by atoms with Crippen LogP contribution in [-0.2, 0) is 6.54 Å². The topological polar surface area (TPSA) is 64.7 Å². The Labute approximate surface area is 69.5 Å². The molecule has 0 saturated heterocycles. The molecule has 0 aromatic heterocycles. The Morgan fingerprint density at radius 1 is 1.42 bits per heavy atom. The van der Waals surface area contributed by atoms with Gasteiger partial charge in [0, 0.05) is 18.2 Å². The van der Waals surface area contributed by atoms with Gasteiger partial charge in [0.25, 0.3) is 0 Å². The first kappa shape index (κ1) is 7.24. The summed E-state index contributed by atoms with van der Waals surface area (Å²) in [5.74, 6) is 1.37. The van der Waals surface area contributed by atoms with Crippen LogP contribution in [0.3, 0.4) is 0 Å². The Morgan fingerprint density at radius 2 is 2.25 bits per heavy atom. The average Bonchev–Trinajstić information content (AvgIpc) is 2.50. The Kier molecular flexibility index (Phi) is 1.55. The van der Waals surface area contributed by atoms with Crippen LogP contribution in [0.4, 0.5) is 0 Å². The van der Waals surface area contributed by atoms with Crippen molar-refractivity contribution in [1.29, 1.82) is 0 Å². The zero-order chi connectivity index (χ0) is 8.55. The van der Waals surface area contributed by atoms with Crippen LogP contribution in [0.5, 0.6) is 17.2 Å². The first-order chi connectivity index (χ1) is 5.81. The molecule has 0 spiro atoms. The van der Waals surface area contributed by atoms with Gasteiger partial charge >= 0.3 is 0 Å². The largest absolute Gasteiger partial charge is 0.508 e. The summed E-state index contributed by atoms with van der Waals surface area (Å²) >= 11 is 0. The second kappa shape index (κ2) is 2.57. The molecule has 1 aliphatic rings. The lowest BCUT2D eigenvalue weighted by Crippen LogP contribution is -1.98. The van der Waals surface area contributed by atoms with E-state index in [2.05, 4.69) is 0 Å². The van der Waals surface area contributed by atoms with Crippen LogP contribution in [0.2, 0.25) is 0 Å². The Morgan fingerprint density at radius 3 is 3.00 bits per heavy atom. The maximum absolute atomic E-state index is 9.22. The highest BCUT2D eigenvalue weighted by atomic mass is 16.7. The standard InChI is InChI=1S/C8H9NO3/c9-3-5-1-6(10)2-7-8(5)12-4-11-7/h1-2,10H,3-4,9H2. The zero-order valence-corrected chi connectivity index (χ0v) is 6.41. The number of phenolic OH excluding ortho intramolecular Hbond substituents is 1. The van der Waals surface area contributed by atoms with Gasteiger partial charge in [-0.3, -0.25) is 0 Å². The number of fused-ring (bicyclic) bond motifs is 1. The predicted octanol–water partition coefficient (Wildman–Crippen LogP) is 0.580. The molecule has 4 nitrogen and oxygen atoms in total. The van der Waals surface area contributed by atoms with Crippen molar-refractivity contribution in [3.05, 3.63) is 17.7 Å². The lowest BCUT2D eigenvalue weighted by atomic mass is 10.2. The second-order valence-electron chi connectivity index (χ2n) is 2.54. The molecule has 0 atom stereocenters. The summed E-state index contributed by atoms with van der Waals surface area (Å²) in [6.07, 6.45) is 0. The van der Waals surface area contributed by atoms with Gasteiger partial charge in [-0.05, 0) is 6.07 Å². The van der Waals surface area contributed by atoms with E-state index in [9.17, 15) is 5.11 Å². The van der Waals surface area contributed by atoms with Crippen LogP contribution in [-0.4, -0.2) is 11.9 Å². The van der Waals surface area contributed by atoms with Gasteiger partial charge in [0.1, 0.15) is 5.75 Å². The minimum Gasteiger partial charge on any atom is -0.508 e. The molecule has 0 radical (unpaired) electrons. The average molecular weight is 167 g/mol. The summed E-state index contributed by atoms with van der Waals surface area (Å²) in [6, 6.07) is 3.09. The van der Waals surface area contributed by atoms with Gasteiger partial charge in [-0.25, -0.2) is 0 Å². The summed E-state index contributed by atoms with van der Waals surface area (Å²) in [6.45, 7) is 0.534. The number of ether oxygens (including phenoxy) is 2. The van der Waals surface area contributed by atoms with Gasteiger partial charge in [-0.1, -0.05) is 0 Å². The molecule has 0 bridgehead atoms. The minimum atomic E-state index is 0.153. The van der Waals surface area contributed by atoms with Crippen molar-refractivity contribution in [3.8, 4) is 17.2 Å². The minimum absolute atomic E-state index is 0.153. The monoisotopic (exact) mass is 167 g/mol. The summed E-state index contributed by atoms with van der Waals surface area (Å²) < 4.78 is 10.2. The van der Waals surface area contributed by atoms with E-state index in [-0.39, 0.29) is 12.5 Å². The molecule has 0 unspecified atom stereocenters. The van der Waals surface area contributed by atoms with Crippen LogP contribution in [0.25, 0.3) is 0 Å². The molecule has 3 N–H and O–H groups in total. The van der Waals surface area contributed by atoms with E-state index in [1.54, 1.807) is 6.07 Å². The maximum Gasteiger partial charge on any atom is 0.231 e. The molecular weight excluding hydrogens is 158 g/mol. The highest BCUT2D eigenvalue weighted by molar-refractivity contribution is 5.52. The molecule has 4 heteroatoms. The zero-order valence-electron chi connectivity index (χ0n) is 6.41. The molecule has 64 valence electrons. The molecule has 2 rings (SSSR count). The Balaban J connectivity index is 2.55. The number of rotatable bonds is 1. The highest BCUT2D eigenvalue weighted by Gasteiger charge is 2.17. The lowest BCUT2D eigenvalue weighted by Gasteiger charge is -2.03. The number of benzene rings is 1. The molecule has 0 fully saturated rings. The Bertz CT molecular complexity index is 311. The third-order valence-electron chi connectivity index (χ3n) is 1.75. The first-order valence-electron chi connectivity index (χ1n) is 3.63. The molecule has 1 heterocycles. The molecule has 0 saturated carbocycles. The summed E-state index contributed by atoms with van der Waals surface area (Å²) in [4.78, 5) is 0. The second-order valence-corrected chi connectivity index (χ2v) is 2.54. The molecule has 1 aliphatic heterocycles.